The third-order valence-corrected chi connectivity index (χ3v) is 1.80. The Balaban J connectivity index is 2.60. The number of aromatic nitrogens is 2. The molecule has 4 nitrogen and oxygen atoms in total. The minimum atomic E-state index is -0.0421. The van der Waals surface area contributed by atoms with Crippen molar-refractivity contribution in [3.63, 3.8) is 0 Å². The van der Waals surface area contributed by atoms with Crippen molar-refractivity contribution >= 4 is 0 Å². The molecule has 1 rings (SSSR count). The Kier molecular flexibility index (Phi) is 3.26. The van der Waals surface area contributed by atoms with E-state index < -0.39 is 0 Å². The average Bonchev–Trinajstić information content (AvgIpc) is 2.47. The van der Waals surface area contributed by atoms with E-state index in [1.165, 1.54) is 0 Å². The zero-order valence-electron chi connectivity index (χ0n) is 9.59. The van der Waals surface area contributed by atoms with Crippen LogP contribution in [0.5, 0.6) is 0 Å². The highest BCUT2D eigenvalue weighted by Gasteiger charge is 2.20. The number of nitrogens with one attached hydrogen (secondary N) is 1. The fourth-order valence-corrected chi connectivity index (χ4v) is 0.923. The molecule has 0 aromatic carbocycles. The molecule has 4 heteroatoms. The van der Waals surface area contributed by atoms with Crippen LogP contribution in [-0.4, -0.2) is 16.2 Å². The van der Waals surface area contributed by atoms with Crippen molar-refractivity contribution < 1.29 is 4.52 Å². The number of rotatable bonds is 3. The lowest BCUT2D eigenvalue weighted by Crippen LogP contribution is -2.22. The SMILES string of the molecule is CC(C)NCc1nc(C(C)(C)C)no1. The summed E-state index contributed by atoms with van der Waals surface area (Å²) < 4.78 is 5.12. The van der Waals surface area contributed by atoms with Crippen LogP contribution in [-0.2, 0) is 12.0 Å². The molecule has 1 heterocycles. The number of nitrogens with zero attached hydrogens (tertiary/aromatic N) is 2. The Labute approximate surface area is 85.1 Å². The van der Waals surface area contributed by atoms with Gasteiger partial charge in [-0.15, -0.1) is 0 Å². The van der Waals surface area contributed by atoms with Crippen LogP contribution in [0, 0.1) is 0 Å². The highest BCUT2D eigenvalue weighted by Crippen LogP contribution is 2.18. The Morgan fingerprint density at radius 3 is 2.43 bits per heavy atom. The molecule has 0 amide bonds. The maximum absolute atomic E-state index is 5.12. The smallest absolute Gasteiger partial charge is 0.240 e. The summed E-state index contributed by atoms with van der Waals surface area (Å²) in [4.78, 5) is 4.31. The molecule has 0 atom stereocenters. The Morgan fingerprint density at radius 1 is 1.36 bits per heavy atom. The third-order valence-electron chi connectivity index (χ3n) is 1.80. The molecular weight excluding hydrogens is 178 g/mol. The molecular formula is C10H19N3O. The van der Waals surface area contributed by atoms with Gasteiger partial charge in [0.25, 0.3) is 0 Å². The number of hydrogen-bond acceptors (Lipinski definition) is 4. The maximum atomic E-state index is 5.12. The van der Waals surface area contributed by atoms with Crippen LogP contribution >= 0.6 is 0 Å². The predicted octanol–water partition coefficient (Wildman–Crippen LogP) is 1.87. The van der Waals surface area contributed by atoms with Gasteiger partial charge in [-0.2, -0.15) is 4.98 Å². The first-order valence-electron chi connectivity index (χ1n) is 4.96. The second kappa shape index (κ2) is 4.09. The van der Waals surface area contributed by atoms with E-state index in [1.54, 1.807) is 0 Å². The molecule has 1 N–H and O–H groups in total. The quantitative estimate of drug-likeness (QED) is 0.803. The van der Waals surface area contributed by atoms with E-state index >= 15 is 0 Å². The molecule has 0 fully saturated rings. The largest absolute Gasteiger partial charge is 0.338 e. The van der Waals surface area contributed by atoms with Crippen molar-refractivity contribution in [1.82, 2.24) is 15.5 Å². The van der Waals surface area contributed by atoms with Crippen LogP contribution in [0.15, 0.2) is 4.52 Å². The fourth-order valence-electron chi connectivity index (χ4n) is 0.923. The maximum Gasteiger partial charge on any atom is 0.240 e. The molecule has 0 aliphatic carbocycles. The second-order valence-electron chi connectivity index (χ2n) is 4.80. The molecule has 0 saturated heterocycles. The van der Waals surface area contributed by atoms with Gasteiger partial charge < -0.3 is 9.84 Å². The first-order valence-corrected chi connectivity index (χ1v) is 4.96. The first kappa shape index (κ1) is 11.2. The lowest BCUT2D eigenvalue weighted by molar-refractivity contribution is 0.350. The van der Waals surface area contributed by atoms with Crippen LogP contribution in [0.3, 0.4) is 0 Å². The molecule has 1 aromatic rings. The Morgan fingerprint density at radius 2 is 2.00 bits per heavy atom. The first-order chi connectivity index (χ1) is 6.39. The molecule has 14 heavy (non-hydrogen) atoms. The van der Waals surface area contributed by atoms with Gasteiger partial charge in [-0.05, 0) is 0 Å². The normalized spacial score (nSPS) is 12.4. The minimum absolute atomic E-state index is 0.0421. The topological polar surface area (TPSA) is 51.0 Å². The lowest BCUT2D eigenvalue weighted by atomic mass is 9.96. The van der Waals surface area contributed by atoms with Crippen molar-refractivity contribution in [2.75, 3.05) is 0 Å². The summed E-state index contributed by atoms with van der Waals surface area (Å²) in [7, 11) is 0. The molecule has 1 aromatic heterocycles. The summed E-state index contributed by atoms with van der Waals surface area (Å²) in [5, 5.41) is 7.17. The lowest BCUT2D eigenvalue weighted by Gasteiger charge is -2.10. The second-order valence-corrected chi connectivity index (χ2v) is 4.80. The molecule has 0 aliphatic rings. The molecule has 0 unspecified atom stereocenters. The molecule has 0 saturated carbocycles. The monoisotopic (exact) mass is 197 g/mol. The molecule has 0 aliphatic heterocycles. The Bertz CT molecular complexity index is 286. The Hall–Kier alpha value is -0.900. The predicted molar refractivity (Wildman–Crippen MR) is 55.0 cm³/mol. The zero-order valence-corrected chi connectivity index (χ0v) is 9.59. The molecule has 0 bridgehead atoms. The molecule has 0 spiro atoms. The van der Waals surface area contributed by atoms with Gasteiger partial charge in [0, 0.05) is 11.5 Å². The highest BCUT2D eigenvalue weighted by molar-refractivity contribution is 4.99. The van der Waals surface area contributed by atoms with Gasteiger partial charge in [0.1, 0.15) is 0 Å². The van der Waals surface area contributed by atoms with E-state index in [0.29, 0.717) is 18.5 Å². The van der Waals surface area contributed by atoms with E-state index in [0.717, 1.165) is 5.82 Å². The van der Waals surface area contributed by atoms with Gasteiger partial charge in [0.05, 0.1) is 6.54 Å². The van der Waals surface area contributed by atoms with Gasteiger partial charge in [-0.25, -0.2) is 0 Å². The third kappa shape index (κ3) is 3.10. The van der Waals surface area contributed by atoms with E-state index in [4.69, 9.17) is 4.52 Å². The van der Waals surface area contributed by atoms with E-state index in [2.05, 4.69) is 50.1 Å². The summed E-state index contributed by atoms with van der Waals surface area (Å²) in [6, 6.07) is 0.431. The summed E-state index contributed by atoms with van der Waals surface area (Å²) in [5.74, 6) is 1.42. The average molecular weight is 197 g/mol. The molecule has 80 valence electrons. The van der Waals surface area contributed by atoms with Crippen molar-refractivity contribution in [1.29, 1.82) is 0 Å². The number of hydrogen-bond donors (Lipinski definition) is 1. The van der Waals surface area contributed by atoms with Crippen LogP contribution in [0.4, 0.5) is 0 Å². The van der Waals surface area contributed by atoms with Crippen molar-refractivity contribution in [2.45, 2.75) is 52.6 Å². The summed E-state index contributed by atoms with van der Waals surface area (Å²) >= 11 is 0. The summed E-state index contributed by atoms with van der Waals surface area (Å²) in [6.07, 6.45) is 0. The fraction of sp³-hybridized carbons (Fsp3) is 0.800. The van der Waals surface area contributed by atoms with Crippen molar-refractivity contribution in [2.24, 2.45) is 0 Å². The van der Waals surface area contributed by atoms with Gasteiger partial charge in [-0.1, -0.05) is 39.8 Å². The summed E-state index contributed by atoms with van der Waals surface area (Å²) in [5.41, 5.74) is -0.0421. The minimum Gasteiger partial charge on any atom is -0.338 e. The van der Waals surface area contributed by atoms with Crippen LogP contribution in [0.1, 0.15) is 46.3 Å². The highest BCUT2D eigenvalue weighted by atomic mass is 16.5. The van der Waals surface area contributed by atoms with Crippen LogP contribution in [0.2, 0.25) is 0 Å². The van der Waals surface area contributed by atoms with Crippen LogP contribution < -0.4 is 5.32 Å². The van der Waals surface area contributed by atoms with E-state index in [-0.39, 0.29) is 5.41 Å². The van der Waals surface area contributed by atoms with Crippen LogP contribution in [0.25, 0.3) is 0 Å². The summed E-state index contributed by atoms with van der Waals surface area (Å²) in [6.45, 7) is 11.0. The van der Waals surface area contributed by atoms with Gasteiger partial charge >= 0.3 is 0 Å². The van der Waals surface area contributed by atoms with E-state index in [9.17, 15) is 0 Å². The molecule has 0 radical (unpaired) electrons. The van der Waals surface area contributed by atoms with Crippen molar-refractivity contribution in [3.8, 4) is 0 Å². The zero-order chi connectivity index (χ0) is 10.8. The van der Waals surface area contributed by atoms with Gasteiger partial charge in [0.15, 0.2) is 5.82 Å². The van der Waals surface area contributed by atoms with Gasteiger partial charge in [-0.3, -0.25) is 0 Å². The van der Waals surface area contributed by atoms with Crippen molar-refractivity contribution in [3.05, 3.63) is 11.7 Å². The van der Waals surface area contributed by atoms with Gasteiger partial charge in [0.2, 0.25) is 5.89 Å². The standard InChI is InChI=1S/C10H19N3O/c1-7(2)11-6-8-12-9(13-14-8)10(3,4)5/h7,11H,6H2,1-5H3. The van der Waals surface area contributed by atoms with E-state index in [1.807, 2.05) is 0 Å².